The fourth-order valence-corrected chi connectivity index (χ4v) is 3.09. The number of carbonyl (C=O) groups excluding carboxylic acids is 2. The van der Waals surface area contributed by atoms with Gasteiger partial charge in [0.05, 0.1) is 11.9 Å². The van der Waals surface area contributed by atoms with Crippen LogP contribution in [0.1, 0.15) is 39.0 Å². The lowest BCUT2D eigenvalue weighted by atomic mass is 10.0. The Morgan fingerprint density at radius 1 is 1.43 bits per heavy atom. The first kappa shape index (κ1) is 15.8. The summed E-state index contributed by atoms with van der Waals surface area (Å²) in [6, 6.07) is 3.53. The molecule has 1 N–H and O–H groups in total. The molecule has 1 aromatic rings. The van der Waals surface area contributed by atoms with Crippen molar-refractivity contribution in [1.82, 2.24) is 15.2 Å². The molecule has 3 rings (SSSR count). The Labute approximate surface area is 136 Å². The van der Waals surface area contributed by atoms with E-state index in [2.05, 4.69) is 17.2 Å². The largest absolute Gasteiger partial charge is 0.326 e. The maximum absolute atomic E-state index is 12.7. The average Bonchev–Trinajstić information content (AvgIpc) is 3.40. The smallest absolute Gasteiger partial charge is 0.318 e. The van der Waals surface area contributed by atoms with Crippen molar-refractivity contribution in [1.29, 1.82) is 0 Å². The van der Waals surface area contributed by atoms with Crippen molar-refractivity contribution in [2.75, 3.05) is 18.0 Å². The summed E-state index contributed by atoms with van der Waals surface area (Å²) in [7, 11) is 0. The summed E-state index contributed by atoms with van der Waals surface area (Å²) in [6.45, 7) is 3.50. The van der Waals surface area contributed by atoms with E-state index in [0.717, 1.165) is 37.9 Å². The zero-order valence-electron chi connectivity index (χ0n) is 13.6. The van der Waals surface area contributed by atoms with Gasteiger partial charge in [-0.2, -0.15) is 0 Å². The molecule has 3 amide bonds. The van der Waals surface area contributed by atoms with Crippen molar-refractivity contribution in [3.05, 3.63) is 24.5 Å². The molecule has 1 atom stereocenters. The number of aromatic nitrogens is 1. The summed E-state index contributed by atoms with van der Waals surface area (Å²) >= 11 is 0. The number of anilines is 1. The van der Waals surface area contributed by atoms with Crippen LogP contribution in [0.25, 0.3) is 0 Å². The summed E-state index contributed by atoms with van der Waals surface area (Å²) in [5.41, 5.74) is 0.795. The molecule has 0 bridgehead atoms. The van der Waals surface area contributed by atoms with Crippen LogP contribution in [-0.4, -0.2) is 47.0 Å². The van der Waals surface area contributed by atoms with Crippen molar-refractivity contribution in [2.24, 2.45) is 0 Å². The van der Waals surface area contributed by atoms with Crippen LogP contribution in [0.5, 0.6) is 0 Å². The second-order valence-electron chi connectivity index (χ2n) is 6.27. The highest BCUT2D eigenvalue weighted by Crippen LogP contribution is 2.27. The Hall–Kier alpha value is -2.11. The normalized spacial score (nSPS) is 21.2. The number of rotatable bonds is 5. The average molecular weight is 316 g/mol. The summed E-state index contributed by atoms with van der Waals surface area (Å²) < 4.78 is 0. The van der Waals surface area contributed by atoms with E-state index in [4.69, 9.17) is 0 Å². The van der Waals surface area contributed by atoms with Gasteiger partial charge in [-0.05, 0) is 44.2 Å². The van der Waals surface area contributed by atoms with E-state index in [9.17, 15) is 9.59 Å². The van der Waals surface area contributed by atoms with E-state index in [0.29, 0.717) is 19.0 Å². The highest BCUT2D eigenvalue weighted by Gasteiger charge is 2.36. The second-order valence-corrected chi connectivity index (χ2v) is 6.27. The van der Waals surface area contributed by atoms with Crippen LogP contribution < -0.4 is 10.2 Å². The van der Waals surface area contributed by atoms with Crippen LogP contribution >= 0.6 is 0 Å². The van der Waals surface area contributed by atoms with E-state index < -0.39 is 6.04 Å². The van der Waals surface area contributed by atoms with Gasteiger partial charge >= 0.3 is 6.03 Å². The molecule has 2 fully saturated rings. The third-order valence-electron chi connectivity index (χ3n) is 4.41. The number of hydrogen-bond acceptors (Lipinski definition) is 3. The molecule has 1 saturated heterocycles. The predicted molar refractivity (Wildman–Crippen MR) is 88.2 cm³/mol. The first-order valence-electron chi connectivity index (χ1n) is 8.49. The molecule has 2 aliphatic rings. The van der Waals surface area contributed by atoms with Gasteiger partial charge in [0.2, 0.25) is 5.91 Å². The van der Waals surface area contributed by atoms with Crippen molar-refractivity contribution < 1.29 is 9.59 Å². The van der Waals surface area contributed by atoms with Gasteiger partial charge in [-0.1, -0.05) is 6.92 Å². The Morgan fingerprint density at radius 2 is 2.26 bits per heavy atom. The Bertz CT molecular complexity index is 559. The van der Waals surface area contributed by atoms with Crippen molar-refractivity contribution >= 4 is 17.6 Å². The summed E-state index contributed by atoms with van der Waals surface area (Å²) in [4.78, 5) is 32.9. The third kappa shape index (κ3) is 3.63. The van der Waals surface area contributed by atoms with Crippen molar-refractivity contribution in [3.8, 4) is 0 Å². The lowest BCUT2D eigenvalue weighted by Crippen LogP contribution is -2.55. The molecule has 124 valence electrons. The molecular weight excluding hydrogens is 292 g/mol. The van der Waals surface area contributed by atoms with Crippen LogP contribution in [0.15, 0.2) is 24.5 Å². The maximum atomic E-state index is 12.7. The topological polar surface area (TPSA) is 65.5 Å². The standard InChI is InChI=1S/C17H24N4O2/c1-2-10-21(13-7-8-13)17(23)19-15-6-4-11-20(16(15)22)14-5-3-9-18-12-14/h3,5,9,12-13,15H,2,4,6-8,10-11H2,1H3,(H,19,23)/t15-/m1/s1. The van der Waals surface area contributed by atoms with Gasteiger partial charge in [0.25, 0.3) is 0 Å². The van der Waals surface area contributed by atoms with Gasteiger partial charge in [0.15, 0.2) is 0 Å². The van der Waals surface area contributed by atoms with E-state index in [1.54, 1.807) is 17.3 Å². The molecule has 0 spiro atoms. The summed E-state index contributed by atoms with van der Waals surface area (Å²) in [6.07, 6.45) is 8.05. The van der Waals surface area contributed by atoms with Crippen LogP contribution in [-0.2, 0) is 4.79 Å². The van der Waals surface area contributed by atoms with Gasteiger partial charge < -0.3 is 15.1 Å². The molecule has 1 aromatic heterocycles. The van der Waals surface area contributed by atoms with Crippen molar-refractivity contribution in [3.63, 3.8) is 0 Å². The SMILES string of the molecule is CCCN(C(=O)N[C@@H]1CCCN(c2cccnc2)C1=O)C1CC1. The minimum atomic E-state index is -0.436. The number of pyridine rings is 1. The van der Waals surface area contributed by atoms with E-state index in [1.807, 2.05) is 17.0 Å². The molecule has 0 aromatic carbocycles. The summed E-state index contributed by atoms with van der Waals surface area (Å²) in [5, 5.41) is 2.95. The highest BCUT2D eigenvalue weighted by molar-refractivity contribution is 5.99. The first-order valence-corrected chi connectivity index (χ1v) is 8.49. The van der Waals surface area contributed by atoms with Gasteiger partial charge in [0, 0.05) is 25.3 Å². The summed E-state index contributed by atoms with van der Waals surface area (Å²) in [5.74, 6) is -0.0372. The first-order chi connectivity index (χ1) is 11.2. The predicted octanol–water partition coefficient (Wildman–Crippen LogP) is 2.16. The van der Waals surface area contributed by atoms with Crippen molar-refractivity contribution in [2.45, 2.75) is 51.1 Å². The van der Waals surface area contributed by atoms with Crippen LogP contribution in [0.4, 0.5) is 10.5 Å². The molecule has 1 saturated carbocycles. The van der Waals surface area contributed by atoms with Gasteiger partial charge in [-0.3, -0.25) is 9.78 Å². The fourth-order valence-electron chi connectivity index (χ4n) is 3.09. The molecule has 6 nitrogen and oxygen atoms in total. The molecule has 1 aliphatic carbocycles. The monoisotopic (exact) mass is 316 g/mol. The number of amides is 3. The minimum absolute atomic E-state index is 0.0372. The van der Waals surface area contributed by atoms with E-state index in [-0.39, 0.29) is 11.9 Å². The van der Waals surface area contributed by atoms with Gasteiger partial charge in [0.1, 0.15) is 6.04 Å². The Kier molecular flexibility index (Phi) is 4.79. The second kappa shape index (κ2) is 6.98. The maximum Gasteiger partial charge on any atom is 0.318 e. The van der Waals surface area contributed by atoms with Crippen LogP contribution in [0.3, 0.4) is 0 Å². The van der Waals surface area contributed by atoms with E-state index in [1.165, 1.54) is 0 Å². The molecule has 0 unspecified atom stereocenters. The molecule has 6 heteroatoms. The molecule has 0 radical (unpaired) electrons. The number of hydrogen-bond donors (Lipinski definition) is 1. The minimum Gasteiger partial charge on any atom is -0.326 e. The molecule has 23 heavy (non-hydrogen) atoms. The van der Waals surface area contributed by atoms with Crippen LogP contribution in [0.2, 0.25) is 0 Å². The number of carbonyl (C=O) groups is 2. The quantitative estimate of drug-likeness (QED) is 0.905. The number of urea groups is 1. The highest BCUT2D eigenvalue weighted by atomic mass is 16.2. The zero-order valence-corrected chi connectivity index (χ0v) is 13.6. The van der Waals surface area contributed by atoms with Gasteiger partial charge in [-0.15, -0.1) is 0 Å². The third-order valence-corrected chi connectivity index (χ3v) is 4.41. The van der Waals surface area contributed by atoms with Gasteiger partial charge in [-0.25, -0.2) is 4.79 Å². The number of nitrogens with zero attached hydrogens (tertiary/aromatic N) is 3. The molecule has 2 heterocycles. The number of nitrogens with one attached hydrogen (secondary N) is 1. The lowest BCUT2D eigenvalue weighted by Gasteiger charge is -2.33. The Morgan fingerprint density at radius 3 is 2.91 bits per heavy atom. The molecular formula is C17H24N4O2. The van der Waals surface area contributed by atoms with Crippen LogP contribution in [0, 0.1) is 0 Å². The number of piperidine rings is 1. The Balaban J connectivity index is 1.65. The lowest BCUT2D eigenvalue weighted by molar-refractivity contribution is -0.121. The zero-order chi connectivity index (χ0) is 16.2. The van der Waals surface area contributed by atoms with E-state index >= 15 is 0 Å². The molecule has 1 aliphatic heterocycles. The fraction of sp³-hybridized carbons (Fsp3) is 0.588.